The molecule has 2 aromatic heterocycles. The van der Waals surface area contributed by atoms with E-state index in [1.165, 1.54) is 6.42 Å². The van der Waals surface area contributed by atoms with Crippen molar-refractivity contribution in [2.45, 2.75) is 25.9 Å². The maximum atomic E-state index is 5.96. The van der Waals surface area contributed by atoms with Crippen LogP contribution < -0.4 is 5.73 Å². The molecule has 0 aliphatic carbocycles. The zero-order valence-electron chi connectivity index (χ0n) is 11.5. The van der Waals surface area contributed by atoms with Gasteiger partial charge in [-0.05, 0) is 37.3 Å². The largest absolute Gasteiger partial charge is 0.355 e. The molecule has 1 saturated heterocycles. The van der Waals surface area contributed by atoms with Gasteiger partial charge in [0.05, 0.1) is 10.6 Å². The average Bonchev–Trinajstić information content (AvgIpc) is 3.09. The zero-order chi connectivity index (χ0) is 13.2. The zero-order valence-corrected chi connectivity index (χ0v) is 13.1. The standard InChI is InChI=1S/C14H19N3OS.ClH/c1-10(15)11-4-5-17(8-11)9-12-7-13(18-16-12)14-3-2-6-19-14;/h2-3,6-7,10-11H,4-5,8-9,15H2,1H3;1H. The molecule has 110 valence electrons. The summed E-state index contributed by atoms with van der Waals surface area (Å²) >= 11 is 1.67. The molecule has 2 unspecified atom stereocenters. The molecule has 1 aliphatic heterocycles. The molecule has 2 aromatic rings. The van der Waals surface area contributed by atoms with Crippen molar-refractivity contribution in [3.05, 3.63) is 29.3 Å². The number of nitrogens with zero attached hydrogens (tertiary/aromatic N) is 2. The van der Waals surface area contributed by atoms with Gasteiger partial charge < -0.3 is 10.3 Å². The molecular formula is C14H20ClN3OS. The van der Waals surface area contributed by atoms with Gasteiger partial charge in [-0.1, -0.05) is 11.2 Å². The lowest BCUT2D eigenvalue weighted by atomic mass is 10.0. The topological polar surface area (TPSA) is 55.3 Å². The fourth-order valence-electron chi connectivity index (χ4n) is 2.59. The summed E-state index contributed by atoms with van der Waals surface area (Å²) < 4.78 is 5.40. The molecule has 3 heterocycles. The van der Waals surface area contributed by atoms with Gasteiger partial charge in [0.25, 0.3) is 0 Å². The van der Waals surface area contributed by atoms with Gasteiger partial charge in [-0.15, -0.1) is 23.7 Å². The molecule has 0 radical (unpaired) electrons. The maximum absolute atomic E-state index is 5.96. The van der Waals surface area contributed by atoms with Crippen molar-refractivity contribution >= 4 is 23.7 Å². The lowest BCUT2D eigenvalue weighted by molar-refractivity contribution is 0.296. The van der Waals surface area contributed by atoms with Crippen LogP contribution in [0.5, 0.6) is 0 Å². The normalized spacial score (nSPS) is 20.8. The Morgan fingerprint density at radius 1 is 1.60 bits per heavy atom. The molecule has 0 aromatic carbocycles. The highest BCUT2D eigenvalue weighted by atomic mass is 35.5. The van der Waals surface area contributed by atoms with Crippen molar-refractivity contribution in [1.29, 1.82) is 0 Å². The third-order valence-electron chi connectivity index (χ3n) is 3.76. The van der Waals surface area contributed by atoms with Crippen LogP contribution in [-0.2, 0) is 6.54 Å². The van der Waals surface area contributed by atoms with Crippen LogP contribution in [0, 0.1) is 5.92 Å². The predicted molar refractivity (Wildman–Crippen MR) is 84.1 cm³/mol. The number of halogens is 1. The molecule has 1 fully saturated rings. The number of hydrogen-bond acceptors (Lipinski definition) is 5. The first-order chi connectivity index (χ1) is 9.22. The summed E-state index contributed by atoms with van der Waals surface area (Å²) in [6.45, 7) is 5.13. The van der Waals surface area contributed by atoms with E-state index in [1.807, 2.05) is 17.5 Å². The molecular weight excluding hydrogens is 294 g/mol. The molecule has 3 rings (SSSR count). The second-order valence-electron chi connectivity index (χ2n) is 5.30. The Kier molecular flexibility index (Phi) is 5.21. The smallest absolute Gasteiger partial charge is 0.177 e. The summed E-state index contributed by atoms with van der Waals surface area (Å²) in [6, 6.07) is 6.40. The predicted octanol–water partition coefficient (Wildman–Crippen LogP) is 2.99. The quantitative estimate of drug-likeness (QED) is 0.942. The molecule has 20 heavy (non-hydrogen) atoms. The summed E-state index contributed by atoms with van der Waals surface area (Å²) in [5.74, 6) is 1.48. The number of thiophene rings is 1. The van der Waals surface area contributed by atoms with Crippen molar-refractivity contribution in [1.82, 2.24) is 10.1 Å². The van der Waals surface area contributed by atoms with Gasteiger partial charge in [-0.3, -0.25) is 4.90 Å². The molecule has 0 bridgehead atoms. The van der Waals surface area contributed by atoms with Crippen LogP contribution in [0.15, 0.2) is 28.1 Å². The van der Waals surface area contributed by atoms with Crippen molar-refractivity contribution in [3.8, 4) is 10.6 Å². The number of rotatable bonds is 4. The van der Waals surface area contributed by atoms with E-state index in [0.717, 1.165) is 36.0 Å². The first-order valence-electron chi connectivity index (χ1n) is 6.70. The Balaban J connectivity index is 0.00000147. The molecule has 4 nitrogen and oxygen atoms in total. The average molecular weight is 314 g/mol. The van der Waals surface area contributed by atoms with E-state index < -0.39 is 0 Å². The minimum atomic E-state index is 0. The Morgan fingerprint density at radius 3 is 3.10 bits per heavy atom. The minimum Gasteiger partial charge on any atom is -0.355 e. The summed E-state index contributed by atoms with van der Waals surface area (Å²) in [5.41, 5.74) is 6.97. The third kappa shape index (κ3) is 3.41. The van der Waals surface area contributed by atoms with E-state index in [1.54, 1.807) is 11.3 Å². The van der Waals surface area contributed by atoms with Crippen molar-refractivity contribution in [3.63, 3.8) is 0 Å². The lowest BCUT2D eigenvalue weighted by Crippen LogP contribution is -2.29. The Morgan fingerprint density at radius 2 is 2.45 bits per heavy atom. The van der Waals surface area contributed by atoms with E-state index in [2.05, 4.69) is 23.0 Å². The molecule has 2 atom stereocenters. The van der Waals surface area contributed by atoms with Gasteiger partial charge in [-0.25, -0.2) is 0 Å². The van der Waals surface area contributed by atoms with E-state index in [9.17, 15) is 0 Å². The van der Waals surface area contributed by atoms with Gasteiger partial charge in [0.1, 0.15) is 0 Å². The second-order valence-corrected chi connectivity index (χ2v) is 6.25. The highest BCUT2D eigenvalue weighted by Crippen LogP contribution is 2.26. The molecule has 0 saturated carbocycles. The van der Waals surface area contributed by atoms with Crippen LogP contribution in [0.2, 0.25) is 0 Å². The lowest BCUT2D eigenvalue weighted by Gasteiger charge is -2.16. The maximum Gasteiger partial charge on any atom is 0.177 e. The fraction of sp³-hybridized carbons (Fsp3) is 0.500. The SMILES string of the molecule is CC(N)C1CCN(Cc2cc(-c3cccs3)on2)C1.Cl. The first-order valence-corrected chi connectivity index (χ1v) is 7.58. The van der Waals surface area contributed by atoms with Crippen LogP contribution in [0.25, 0.3) is 10.6 Å². The van der Waals surface area contributed by atoms with Gasteiger partial charge in [0.15, 0.2) is 5.76 Å². The molecule has 1 aliphatic rings. The Bertz CT molecular complexity index is 526. The third-order valence-corrected chi connectivity index (χ3v) is 4.65. The van der Waals surface area contributed by atoms with Gasteiger partial charge in [0.2, 0.25) is 0 Å². The van der Waals surface area contributed by atoms with Crippen LogP contribution in [0.1, 0.15) is 19.0 Å². The second kappa shape index (κ2) is 6.72. The fourth-order valence-corrected chi connectivity index (χ4v) is 3.26. The minimum absolute atomic E-state index is 0. The summed E-state index contributed by atoms with van der Waals surface area (Å²) in [4.78, 5) is 3.54. The van der Waals surface area contributed by atoms with Crippen LogP contribution in [-0.4, -0.2) is 29.2 Å². The number of hydrogen-bond donors (Lipinski definition) is 1. The molecule has 0 amide bonds. The summed E-state index contributed by atoms with van der Waals surface area (Å²) in [7, 11) is 0. The van der Waals surface area contributed by atoms with Crippen LogP contribution in [0.4, 0.5) is 0 Å². The molecule has 0 spiro atoms. The Hall–Kier alpha value is -0.880. The summed E-state index contributed by atoms with van der Waals surface area (Å²) in [6.07, 6.45) is 1.19. The first kappa shape index (κ1) is 15.5. The summed E-state index contributed by atoms with van der Waals surface area (Å²) in [5, 5.41) is 6.21. The monoisotopic (exact) mass is 313 g/mol. The van der Waals surface area contributed by atoms with Crippen molar-refractivity contribution < 1.29 is 4.52 Å². The molecule has 6 heteroatoms. The van der Waals surface area contributed by atoms with Gasteiger partial charge in [-0.2, -0.15) is 0 Å². The van der Waals surface area contributed by atoms with Gasteiger partial charge in [0, 0.05) is 25.2 Å². The Labute approximate surface area is 129 Å². The van der Waals surface area contributed by atoms with E-state index in [0.29, 0.717) is 5.92 Å². The van der Waals surface area contributed by atoms with Crippen molar-refractivity contribution in [2.75, 3.05) is 13.1 Å². The highest BCUT2D eigenvalue weighted by Gasteiger charge is 2.25. The van der Waals surface area contributed by atoms with Crippen molar-refractivity contribution in [2.24, 2.45) is 11.7 Å². The van der Waals surface area contributed by atoms with E-state index in [-0.39, 0.29) is 18.4 Å². The number of likely N-dealkylation sites (tertiary alicyclic amines) is 1. The number of aromatic nitrogens is 1. The van der Waals surface area contributed by atoms with E-state index >= 15 is 0 Å². The van der Waals surface area contributed by atoms with Gasteiger partial charge >= 0.3 is 0 Å². The number of nitrogens with two attached hydrogens (primary N) is 1. The highest BCUT2D eigenvalue weighted by molar-refractivity contribution is 7.13. The van der Waals surface area contributed by atoms with E-state index in [4.69, 9.17) is 10.3 Å². The van der Waals surface area contributed by atoms with Crippen LogP contribution in [0.3, 0.4) is 0 Å². The molecule has 2 N–H and O–H groups in total. The van der Waals surface area contributed by atoms with Crippen LogP contribution >= 0.6 is 23.7 Å².